The molecule has 0 aromatic carbocycles. The summed E-state index contributed by atoms with van der Waals surface area (Å²) < 4.78 is 27.5. The highest BCUT2D eigenvalue weighted by Gasteiger charge is 2.14. The number of hydrogen-bond acceptors (Lipinski definition) is 2. The molecular weight excluding hydrogens is 246 g/mol. The van der Waals surface area contributed by atoms with Crippen LogP contribution in [0.25, 0.3) is 11.7 Å². The largest absolute Gasteiger partial charge is 0.202 e. The van der Waals surface area contributed by atoms with E-state index in [2.05, 4.69) is 0 Å². The molecule has 84 valence electrons. The van der Waals surface area contributed by atoms with Crippen LogP contribution < -0.4 is 0 Å². The summed E-state index contributed by atoms with van der Waals surface area (Å²) in [5.74, 6) is -1.53. The van der Waals surface area contributed by atoms with E-state index in [4.69, 9.17) is 0 Å². The predicted octanol–water partition coefficient (Wildman–Crippen LogP) is 5.19. The zero-order chi connectivity index (χ0) is 11.7. The Labute approximate surface area is 101 Å². The fourth-order valence-electron chi connectivity index (χ4n) is 1.32. The second kappa shape index (κ2) is 4.47. The van der Waals surface area contributed by atoms with Crippen molar-refractivity contribution in [1.82, 2.24) is 0 Å². The Bertz CT molecular complexity index is 486. The Kier molecular flexibility index (Phi) is 3.21. The van der Waals surface area contributed by atoms with Crippen LogP contribution in [0.4, 0.5) is 8.78 Å². The van der Waals surface area contributed by atoms with E-state index in [0.717, 1.165) is 9.75 Å². The molecule has 0 saturated heterocycles. The van der Waals surface area contributed by atoms with Gasteiger partial charge in [-0.3, -0.25) is 0 Å². The van der Waals surface area contributed by atoms with Crippen molar-refractivity contribution in [2.75, 3.05) is 0 Å². The highest BCUT2D eigenvalue weighted by molar-refractivity contribution is 7.14. The van der Waals surface area contributed by atoms with Crippen LogP contribution in [-0.4, -0.2) is 0 Å². The third-order valence-electron chi connectivity index (χ3n) is 2.11. The Morgan fingerprint density at radius 3 is 1.44 bits per heavy atom. The second-order valence-corrected chi connectivity index (χ2v) is 6.02. The molecule has 0 spiro atoms. The first-order chi connectivity index (χ1) is 7.58. The number of aryl methyl sites for hydroxylation is 2. The highest BCUT2D eigenvalue weighted by atomic mass is 32.1. The molecule has 2 heterocycles. The SMILES string of the molecule is Cc1ccc(/C(F)=C(\F)c2ccc(C)s2)s1. The quantitative estimate of drug-likeness (QED) is 0.693. The molecule has 0 nitrogen and oxygen atoms in total. The molecule has 2 aromatic heterocycles. The molecule has 0 unspecified atom stereocenters. The average Bonchev–Trinajstić information content (AvgIpc) is 2.85. The predicted molar refractivity (Wildman–Crippen MR) is 67.1 cm³/mol. The van der Waals surface area contributed by atoms with Crippen molar-refractivity contribution < 1.29 is 8.78 Å². The highest BCUT2D eigenvalue weighted by Crippen LogP contribution is 2.35. The Balaban J connectivity index is 2.41. The Morgan fingerprint density at radius 1 is 0.812 bits per heavy atom. The van der Waals surface area contributed by atoms with E-state index in [1.165, 1.54) is 22.7 Å². The number of rotatable bonds is 2. The molecule has 0 aliphatic heterocycles. The maximum Gasteiger partial charge on any atom is 0.177 e. The molecule has 0 atom stereocenters. The fraction of sp³-hybridized carbons (Fsp3) is 0.167. The van der Waals surface area contributed by atoms with Crippen molar-refractivity contribution in [2.24, 2.45) is 0 Å². The molecule has 2 rings (SSSR count). The Hall–Kier alpha value is -1.000. The molecule has 0 N–H and O–H groups in total. The van der Waals surface area contributed by atoms with Gasteiger partial charge >= 0.3 is 0 Å². The fourth-order valence-corrected chi connectivity index (χ4v) is 2.92. The summed E-state index contributed by atoms with van der Waals surface area (Å²) in [6.07, 6.45) is 0. The number of thiophene rings is 2. The number of halogens is 2. The third kappa shape index (κ3) is 2.23. The van der Waals surface area contributed by atoms with Crippen molar-refractivity contribution in [3.63, 3.8) is 0 Å². The van der Waals surface area contributed by atoms with Gasteiger partial charge in [-0.15, -0.1) is 22.7 Å². The van der Waals surface area contributed by atoms with Crippen molar-refractivity contribution in [3.8, 4) is 0 Å². The molecule has 0 aliphatic carbocycles. The summed E-state index contributed by atoms with van der Waals surface area (Å²) in [6.45, 7) is 3.74. The number of hydrogen-bond donors (Lipinski definition) is 0. The van der Waals surface area contributed by atoms with Crippen molar-refractivity contribution in [3.05, 3.63) is 43.8 Å². The lowest BCUT2D eigenvalue weighted by atomic mass is 10.3. The van der Waals surface area contributed by atoms with Crippen LogP contribution in [0.2, 0.25) is 0 Å². The smallest absolute Gasteiger partial charge is 0.177 e. The zero-order valence-electron chi connectivity index (χ0n) is 8.88. The van der Waals surface area contributed by atoms with E-state index in [1.807, 2.05) is 13.8 Å². The molecule has 2 aromatic rings. The van der Waals surface area contributed by atoms with Crippen LogP contribution in [0.15, 0.2) is 24.3 Å². The minimum atomic E-state index is -0.764. The van der Waals surface area contributed by atoms with Crippen LogP contribution in [0.1, 0.15) is 19.5 Å². The molecule has 0 amide bonds. The minimum absolute atomic E-state index is 0.348. The van der Waals surface area contributed by atoms with Gasteiger partial charge in [-0.1, -0.05) is 0 Å². The average molecular weight is 256 g/mol. The third-order valence-corrected chi connectivity index (χ3v) is 4.09. The molecule has 4 heteroatoms. The summed E-state index contributed by atoms with van der Waals surface area (Å²) in [7, 11) is 0. The van der Waals surface area contributed by atoms with Gasteiger partial charge in [0.1, 0.15) is 0 Å². The molecule has 0 bridgehead atoms. The van der Waals surface area contributed by atoms with Crippen LogP contribution >= 0.6 is 22.7 Å². The van der Waals surface area contributed by atoms with Crippen LogP contribution in [-0.2, 0) is 0 Å². The maximum atomic E-state index is 13.8. The van der Waals surface area contributed by atoms with Gasteiger partial charge in [0.15, 0.2) is 11.7 Å². The van der Waals surface area contributed by atoms with Gasteiger partial charge in [-0.25, -0.2) is 8.78 Å². The summed E-state index contributed by atoms with van der Waals surface area (Å²) >= 11 is 2.51. The lowest BCUT2D eigenvalue weighted by Crippen LogP contribution is -1.76. The van der Waals surface area contributed by atoms with E-state index in [-0.39, 0.29) is 0 Å². The summed E-state index contributed by atoms with van der Waals surface area (Å²) in [6, 6.07) is 6.78. The van der Waals surface area contributed by atoms with Gasteiger partial charge < -0.3 is 0 Å². The molecule has 16 heavy (non-hydrogen) atoms. The normalized spacial score (nSPS) is 12.8. The van der Waals surface area contributed by atoms with Crippen molar-refractivity contribution in [2.45, 2.75) is 13.8 Å². The van der Waals surface area contributed by atoms with E-state index in [9.17, 15) is 8.78 Å². The monoisotopic (exact) mass is 256 g/mol. The van der Waals surface area contributed by atoms with Crippen molar-refractivity contribution >= 4 is 34.3 Å². The molecular formula is C12H10F2S2. The molecule has 0 radical (unpaired) electrons. The van der Waals surface area contributed by atoms with Gasteiger partial charge in [0, 0.05) is 9.75 Å². The summed E-state index contributed by atoms with van der Waals surface area (Å²) in [5, 5.41) is 0. The van der Waals surface area contributed by atoms with E-state index < -0.39 is 11.7 Å². The first kappa shape index (κ1) is 11.5. The van der Waals surface area contributed by atoms with Crippen LogP contribution in [0.3, 0.4) is 0 Å². The molecule has 0 fully saturated rings. The van der Waals surface area contributed by atoms with Gasteiger partial charge in [0.25, 0.3) is 0 Å². The van der Waals surface area contributed by atoms with Gasteiger partial charge in [0.2, 0.25) is 0 Å². The van der Waals surface area contributed by atoms with Gasteiger partial charge in [-0.2, -0.15) is 0 Å². The van der Waals surface area contributed by atoms with Gasteiger partial charge in [0.05, 0.1) is 9.75 Å². The maximum absolute atomic E-state index is 13.8. The lowest BCUT2D eigenvalue weighted by Gasteiger charge is -1.95. The van der Waals surface area contributed by atoms with Gasteiger partial charge in [-0.05, 0) is 38.1 Å². The second-order valence-electron chi connectivity index (χ2n) is 3.45. The van der Waals surface area contributed by atoms with E-state index >= 15 is 0 Å². The van der Waals surface area contributed by atoms with E-state index in [0.29, 0.717) is 9.75 Å². The summed E-state index contributed by atoms with van der Waals surface area (Å²) in [5.41, 5.74) is 0. The standard InChI is InChI=1S/C12H10F2S2/c1-7-3-5-9(15-7)11(13)12(14)10-6-4-8(2)16-10/h3-6H,1-2H3/b12-11+. The first-order valence-electron chi connectivity index (χ1n) is 4.77. The Morgan fingerprint density at radius 2 is 1.19 bits per heavy atom. The topological polar surface area (TPSA) is 0 Å². The lowest BCUT2D eigenvalue weighted by molar-refractivity contribution is 0.705. The van der Waals surface area contributed by atoms with E-state index in [1.54, 1.807) is 24.3 Å². The first-order valence-corrected chi connectivity index (χ1v) is 6.40. The molecule has 0 saturated carbocycles. The summed E-state index contributed by atoms with van der Waals surface area (Å²) in [4.78, 5) is 2.64. The van der Waals surface area contributed by atoms with Crippen LogP contribution in [0, 0.1) is 13.8 Å². The molecule has 0 aliphatic rings. The van der Waals surface area contributed by atoms with Crippen LogP contribution in [0.5, 0.6) is 0 Å². The minimum Gasteiger partial charge on any atom is -0.202 e. The zero-order valence-corrected chi connectivity index (χ0v) is 10.5. The van der Waals surface area contributed by atoms with Crippen molar-refractivity contribution in [1.29, 1.82) is 0 Å².